The highest BCUT2D eigenvalue weighted by Crippen LogP contribution is 2.31. The molecule has 1 aromatic rings. The van der Waals surface area contributed by atoms with Gasteiger partial charge in [0.15, 0.2) is 0 Å². The molecular formula is C15H23Cl2N3. The number of piperidine rings is 1. The Balaban J connectivity index is 2.16. The average Bonchev–Trinajstić information content (AvgIpc) is 2.44. The van der Waals surface area contributed by atoms with Crippen molar-refractivity contribution in [3.8, 4) is 0 Å². The summed E-state index contributed by atoms with van der Waals surface area (Å²) in [4.78, 5) is 4.73. The summed E-state index contributed by atoms with van der Waals surface area (Å²) in [5, 5.41) is 1.45. The predicted molar refractivity (Wildman–Crippen MR) is 86.5 cm³/mol. The first kappa shape index (κ1) is 16.1. The van der Waals surface area contributed by atoms with Crippen molar-refractivity contribution in [1.82, 2.24) is 9.80 Å². The van der Waals surface area contributed by atoms with Crippen LogP contribution in [0.1, 0.15) is 24.4 Å². The number of halogens is 2. The Morgan fingerprint density at radius 2 is 2.00 bits per heavy atom. The highest BCUT2D eigenvalue weighted by atomic mass is 35.5. The minimum atomic E-state index is 0.120. The Morgan fingerprint density at radius 1 is 1.35 bits per heavy atom. The monoisotopic (exact) mass is 315 g/mol. The van der Waals surface area contributed by atoms with E-state index in [2.05, 4.69) is 23.9 Å². The first-order chi connectivity index (χ1) is 9.52. The summed E-state index contributed by atoms with van der Waals surface area (Å²) in [6, 6.07) is 6.28. The molecule has 1 aliphatic heterocycles. The van der Waals surface area contributed by atoms with Gasteiger partial charge < -0.3 is 10.6 Å². The first-order valence-electron chi connectivity index (χ1n) is 7.08. The minimum Gasteiger partial charge on any atom is -0.329 e. The van der Waals surface area contributed by atoms with E-state index < -0.39 is 0 Å². The molecule has 1 fully saturated rings. The topological polar surface area (TPSA) is 32.5 Å². The fraction of sp³-hybridized carbons (Fsp3) is 0.600. The van der Waals surface area contributed by atoms with E-state index in [1.54, 1.807) is 0 Å². The highest BCUT2D eigenvalue weighted by molar-refractivity contribution is 6.33. The lowest BCUT2D eigenvalue weighted by Crippen LogP contribution is -2.45. The van der Waals surface area contributed by atoms with E-state index in [4.69, 9.17) is 28.9 Å². The number of hydrogen-bond acceptors (Lipinski definition) is 3. The number of nitrogens with two attached hydrogens (primary N) is 1. The van der Waals surface area contributed by atoms with Gasteiger partial charge in [-0.25, -0.2) is 0 Å². The lowest BCUT2D eigenvalue weighted by Gasteiger charge is -2.39. The second-order valence-electron chi connectivity index (χ2n) is 5.62. The predicted octanol–water partition coefficient (Wildman–Crippen LogP) is 3.02. The summed E-state index contributed by atoms with van der Waals surface area (Å²) in [5.41, 5.74) is 7.04. The van der Waals surface area contributed by atoms with Gasteiger partial charge in [0.2, 0.25) is 0 Å². The van der Waals surface area contributed by atoms with Crippen LogP contribution < -0.4 is 5.73 Å². The largest absolute Gasteiger partial charge is 0.329 e. The normalized spacial score (nSPS) is 19.5. The molecule has 0 aliphatic carbocycles. The lowest BCUT2D eigenvalue weighted by atomic mass is 9.98. The van der Waals surface area contributed by atoms with Crippen LogP contribution >= 0.6 is 23.2 Å². The van der Waals surface area contributed by atoms with E-state index in [0.29, 0.717) is 17.6 Å². The molecule has 3 nitrogen and oxygen atoms in total. The molecule has 1 atom stereocenters. The number of likely N-dealkylation sites (tertiary alicyclic amines) is 1. The average molecular weight is 316 g/mol. The second kappa shape index (κ2) is 7.10. The molecule has 0 amide bonds. The number of rotatable bonds is 4. The maximum Gasteiger partial charge on any atom is 0.0485 e. The molecule has 1 unspecified atom stereocenters. The third-order valence-electron chi connectivity index (χ3n) is 4.30. The van der Waals surface area contributed by atoms with Gasteiger partial charge in [-0.1, -0.05) is 23.2 Å². The number of hydrogen-bond donors (Lipinski definition) is 1. The van der Waals surface area contributed by atoms with Crippen molar-refractivity contribution in [3.63, 3.8) is 0 Å². The molecule has 2 rings (SSSR count). The third kappa shape index (κ3) is 3.66. The van der Waals surface area contributed by atoms with Gasteiger partial charge in [0.1, 0.15) is 0 Å². The molecule has 0 bridgehead atoms. The van der Waals surface area contributed by atoms with Crippen LogP contribution in [0.5, 0.6) is 0 Å². The standard InChI is InChI=1S/C15H23Cl2N3/c1-19-7-5-12(6-8-19)20(2)15(10-18)13-9-11(16)3-4-14(13)17/h3-4,9,12,15H,5-8,10,18H2,1-2H3. The van der Waals surface area contributed by atoms with Crippen molar-refractivity contribution in [2.75, 3.05) is 33.7 Å². The molecule has 1 saturated heterocycles. The minimum absolute atomic E-state index is 0.120. The van der Waals surface area contributed by atoms with Gasteiger partial charge in [-0.05, 0) is 63.8 Å². The second-order valence-corrected chi connectivity index (χ2v) is 6.46. The zero-order valence-corrected chi connectivity index (χ0v) is 13.7. The van der Waals surface area contributed by atoms with E-state index in [1.165, 1.54) is 12.8 Å². The van der Waals surface area contributed by atoms with Gasteiger partial charge in [0.25, 0.3) is 0 Å². The Hall–Kier alpha value is -0.320. The third-order valence-corrected chi connectivity index (χ3v) is 4.88. The molecule has 1 aromatic carbocycles. The molecule has 1 heterocycles. The molecule has 5 heteroatoms. The fourth-order valence-electron chi connectivity index (χ4n) is 2.94. The smallest absolute Gasteiger partial charge is 0.0485 e. The Bertz CT molecular complexity index is 445. The zero-order valence-electron chi connectivity index (χ0n) is 12.1. The summed E-state index contributed by atoms with van der Waals surface area (Å²) in [7, 11) is 4.31. The van der Waals surface area contributed by atoms with E-state index in [-0.39, 0.29) is 6.04 Å². The van der Waals surface area contributed by atoms with Gasteiger partial charge in [-0.3, -0.25) is 4.90 Å². The molecule has 1 aliphatic rings. The number of likely N-dealkylation sites (N-methyl/N-ethyl adjacent to an activating group) is 1. The van der Waals surface area contributed by atoms with Crippen LogP contribution in [0, 0.1) is 0 Å². The SMILES string of the molecule is CN1CCC(N(C)C(CN)c2cc(Cl)ccc2Cl)CC1. The highest BCUT2D eigenvalue weighted by Gasteiger charge is 2.27. The molecule has 0 saturated carbocycles. The molecule has 20 heavy (non-hydrogen) atoms. The van der Waals surface area contributed by atoms with Gasteiger partial charge in [-0.2, -0.15) is 0 Å². The maximum absolute atomic E-state index is 6.33. The van der Waals surface area contributed by atoms with Crippen LogP contribution in [0.2, 0.25) is 10.0 Å². The van der Waals surface area contributed by atoms with Crippen LogP contribution in [0.25, 0.3) is 0 Å². The van der Waals surface area contributed by atoms with Crippen LogP contribution in [-0.2, 0) is 0 Å². The van der Waals surface area contributed by atoms with E-state index in [0.717, 1.165) is 23.7 Å². The van der Waals surface area contributed by atoms with Gasteiger partial charge in [0, 0.05) is 28.7 Å². The van der Waals surface area contributed by atoms with Crippen LogP contribution in [-0.4, -0.2) is 49.6 Å². The molecule has 0 radical (unpaired) electrons. The van der Waals surface area contributed by atoms with E-state index in [1.807, 2.05) is 18.2 Å². The van der Waals surface area contributed by atoms with E-state index in [9.17, 15) is 0 Å². The van der Waals surface area contributed by atoms with Crippen molar-refractivity contribution in [2.24, 2.45) is 5.73 Å². The van der Waals surface area contributed by atoms with Crippen LogP contribution in [0.15, 0.2) is 18.2 Å². The molecular weight excluding hydrogens is 293 g/mol. The number of nitrogens with zero attached hydrogens (tertiary/aromatic N) is 2. The van der Waals surface area contributed by atoms with Gasteiger partial charge in [0.05, 0.1) is 0 Å². The summed E-state index contributed by atoms with van der Waals surface area (Å²) in [6.07, 6.45) is 2.34. The van der Waals surface area contributed by atoms with Crippen molar-refractivity contribution in [2.45, 2.75) is 24.9 Å². The summed E-state index contributed by atoms with van der Waals surface area (Å²) in [6.45, 7) is 2.81. The summed E-state index contributed by atoms with van der Waals surface area (Å²) < 4.78 is 0. The molecule has 112 valence electrons. The molecule has 0 spiro atoms. The fourth-order valence-corrected chi connectivity index (χ4v) is 3.36. The zero-order chi connectivity index (χ0) is 14.7. The Labute approximate surface area is 131 Å². The molecule has 2 N–H and O–H groups in total. The Kier molecular flexibility index (Phi) is 5.70. The van der Waals surface area contributed by atoms with Crippen molar-refractivity contribution >= 4 is 23.2 Å². The maximum atomic E-state index is 6.33. The van der Waals surface area contributed by atoms with Crippen LogP contribution in [0.3, 0.4) is 0 Å². The number of benzene rings is 1. The van der Waals surface area contributed by atoms with Crippen molar-refractivity contribution in [3.05, 3.63) is 33.8 Å². The first-order valence-corrected chi connectivity index (χ1v) is 7.84. The lowest BCUT2D eigenvalue weighted by molar-refractivity contribution is 0.109. The van der Waals surface area contributed by atoms with Gasteiger partial charge >= 0.3 is 0 Å². The van der Waals surface area contributed by atoms with Crippen molar-refractivity contribution in [1.29, 1.82) is 0 Å². The Morgan fingerprint density at radius 3 is 2.60 bits per heavy atom. The molecule has 0 aromatic heterocycles. The quantitative estimate of drug-likeness (QED) is 0.927. The summed E-state index contributed by atoms with van der Waals surface area (Å²) >= 11 is 12.4. The van der Waals surface area contributed by atoms with Crippen molar-refractivity contribution < 1.29 is 0 Å². The van der Waals surface area contributed by atoms with Crippen LogP contribution in [0.4, 0.5) is 0 Å². The van der Waals surface area contributed by atoms with E-state index >= 15 is 0 Å². The summed E-state index contributed by atoms with van der Waals surface area (Å²) in [5.74, 6) is 0. The van der Waals surface area contributed by atoms with Gasteiger partial charge in [-0.15, -0.1) is 0 Å².